The van der Waals surface area contributed by atoms with Gasteiger partial charge in [-0.3, -0.25) is 19.3 Å². The first-order chi connectivity index (χ1) is 12.6. The van der Waals surface area contributed by atoms with Gasteiger partial charge < -0.3 is 5.32 Å². The molecule has 5 nitrogen and oxygen atoms in total. The van der Waals surface area contributed by atoms with E-state index in [0.29, 0.717) is 5.56 Å². The summed E-state index contributed by atoms with van der Waals surface area (Å²) in [4.78, 5) is 37.3. The Morgan fingerprint density at radius 1 is 1.08 bits per heavy atom. The number of anilines is 1. The number of rotatable bonds is 4. The number of thioether (sulfide) groups is 1. The molecule has 1 aliphatic heterocycles. The van der Waals surface area contributed by atoms with Crippen LogP contribution in [0.15, 0.2) is 42.5 Å². The van der Waals surface area contributed by atoms with Crippen LogP contribution in [0.5, 0.6) is 0 Å². The highest BCUT2D eigenvalue weighted by Crippen LogP contribution is 2.25. The summed E-state index contributed by atoms with van der Waals surface area (Å²) in [5, 5.41) is 2.70. The number of imide groups is 1. The third kappa shape index (κ3) is 3.37. The maximum absolute atomic E-state index is 12.6. The van der Waals surface area contributed by atoms with Crippen molar-refractivity contribution in [2.24, 2.45) is 0 Å². The number of hydrogen-bond acceptors (Lipinski definition) is 4. The molecule has 4 rings (SSSR count). The van der Waals surface area contributed by atoms with Crippen molar-refractivity contribution in [1.82, 2.24) is 4.90 Å². The molecule has 2 aromatic rings. The molecule has 0 aromatic heterocycles. The molecule has 1 N–H and O–H groups in total. The van der Waals surface area contributed by atoms with Gasteiger partial charge in [0.2, 0.25) is 5.91 Å². The normalized spacial score (nSPS) is 16.1. The highest BCUT2D eigenvalue weighted by molar-refractivity contribution is 8.14. The first kappa shape index (κ1) is 16.8. The maximum atomic E-state index is 12.6. The van der Waals surface area contributed by atoms with Crippen molar-refractivity contribution < 1.29 is 14.4 Å². The van der Waals surface area contributed by atoms with Gasteiger partial charge in [0.15, 0.2) is 0 Å². The van der Waals surface area contributed by atoms with Crippen LogP contribution in [0.3, 0.4) is 0 Å². The summed E-state index contributed by atoms with van der Waals surface area (Å²) in [5.74, 6) is -0.191. The first-order valence-electron chi connectivity index (χ1n) is 8.59. The Labute approximate surface area is 155 Å². The second-order valence-corrected chi connectivity index (χ2v) is 7.45. The van der Waals surface area contributed by atoms with Crippen LogP contribution in [0.25, 0.3) is 0 Å². The Kier molecular flexibility index (Phi) is 4.51. The summed E-state index contributed by atoms with van der Waals surface area (Å²) >= 11 is 1.01. The Balaban J connectivity index is 1.48. The second-order valence-electron chi connectivity index (χ2n) is 6.53. The molecule has 26 heavy (non-hydrogen) atoms. The van der Waals surface area contributed by atoms with Crippen molar-refractivity contribution >= 4 is 34.5 Å². The Bertz CT molecular complexity index is 894. The smallest absolute Gasteiger partial charge is 0.289 e. The van der Waals surface area contributed by atoms with E-state index in [1.54, 1.807) is 18.2 Å². The molecule has 0 bridgehead atoms. The highest BCUT2D eigenvalue weighted by Gasteiger charge is 2.29. The lowest BCUT2D eigenvalue weighted by atomic mass is 10.1. The zero-order valence-corrected chi connectivity index (χ0v) is 15.0. The molecule has 1 aliphatic carbocycles. The number of amides is 3. The molecule has 6 heteroatoms. The van der Waals surface area contributed by atoms with E-state index in [1.165, 1.54) is 22.4 Å². The fourth-order valence-corrected chi connectivity index (χ4v) is 4.11. The van der Waals surface area contributed by atoms with Crippen LogP contribution >= 0.6 is 11.8 Å². The van der Waals surface area contributed by atoms with Gasteiger partial charge in [-0.15, -0.1) is 0 Å². The summed E-state index contributed by atoms with van der Waals surface area (Å²) < 4.78 is 0. The van der Waals surface area contributed by atoms with Gasteiger partial charge in [-0.25, -0.2) is 0 Å². The number of benzene rings is 2. The molecule has 2 aliphatic rings. The molecule has 0 saturated carbocycles. The summed E-state index contributed by atoms with van der Waals surface area (Å²) in [7, 11) is 0. The topological polar surface area (TPSA) is 66.5 Å². The Morgan fingerprint density at radius 2 is 1.92 bits per heavy atom. The van der Waals surface area contributed by atoms with E-state index < -0.39 is 0 Å². The van der Waals surface area contributed by atoms with Gasteiger partial charge >= 0.3 is 0 Å². The van der Waals surface area contributed by atoms with Crippen molar-refractivity contribution in [3.63, 3.8) is 0 Å². The lowest BCUT2D eigenvalue weighted by Crippen LogP contribution is -2.28. The number of hydrogen-bond donors (Lipinski definition) is 1. The predicted molar refractivity (Wildman–Crippen MR) is 101 cm³/mol. The van der Waals surface area contributed by atoms with Crippen molar-refractivity contribution in [3.05, 3.63) is 64.7 Å². The molecule has 1 fully saturated rings. The van der Waals surface area contributed by atoms with Gasteiger partial charge in [-0.2, -0.15) is 0 Å². The van der Waals surface area contributed by atoms with Gasteiger partial charge in [0, 0.05) is 11.3 Å². The second kappa shape index (κ2) is 6.96. The number of fused-ring (bicyclic) bond motifs is 1. The average molecular weight is 366 g/mol. The number of nitrogens with zero attached hydrogens (tertiary/aromatic N) is 1. The molecule has 2 aromatic carbocycles. The Morgan fingerprint density at radius 3 is 2.73 bits per heavy atom. The fourth-order valence-electron chi connectivity index (χ4n) is 3.38. The van der Waals surface area contributed by atoms with Crippen LogP contribution < -0.4 is 5.32 Å². The maximum Gasteiger partial charge on any atom is 0.289 e. The van der Waals surface area contributed by atoms with Crippen LogP contribution in [-0.2, 0) is 24.2 Å². The number of nitrogens with one attached hydrogen (secondary N) is 1. The quantitative estimate of drug-likeness (QED) is 0.897. The van der Waals surface area contributed by atoms with Crippen LogP contribution in [0, 0.1) is 0 Å². The molecule has 0 radical (unpaired) electrons. The van der Waals surface area contributed by atoms with E-state index in [4.69, 9.17) is 0 Å². The first-order valence-corrected chi connectivity index (χ1v) is 9.58. The van der Waals surface area contributed by atoms with Crippen LogP contribution in [0.4, 0.5) is 10.5 Å². The average Bonchev–Trinajstić information content (AvgIpc) is 3.23. The third-order valence-corrected chi connectivity index (χ3v) is 5.59. The molecule has 132 valence electrons. The lowest BCUT2D eigenvalue weighted by Gasteiger charge is -2.13. The minimum absolute atomic E-state index is 0.187. The van der Waals surface area contributed by atoms with E-state index in [0.717, 1.165) is 35.9 Å². The molecule has 0 spiro atoms. The van der Waals surface area contributed by atoms with Gasteiger partial charge in [-0.1, -0.05) is 30.0 Å². The Hall–Kier alpha value is -2.60. The van der Waals surface area contributed by atoms with Crippen molar-refractivity contribution in [2.45, 2.75) is 25.8 Å². The minimum atomic E-state index is -0.233. The van der Waals surface area contributed by atoms with E-state index in [-0.39, 0.29) is 29.4 Å². The molecular formula is C20H18N2O3S. The molecule has 3 amide bonds. The molecule has 0 atom stereocenters. The SMILES string of the molecule is O=C(Nc1ccc2c(c1)CCC2)c1cccc(CN2C(=O)CSC2=O)c1. The number of carbonyl (C=O) groups is 3. The molecular weight excluding hydrogens is 348 g/mol. The summed E-state index contributed by atoms with van der Waals surface area (Å²) in [6.07, 6.45) is 3.34. The van der Waals surface area contributed by atoms with Gasteiger partial charge in [0.05, 0.1) is 12.3 Å². The van der Waals surface area contributed by atoms with Crippen LogP contribution in [0.2, 0.25) is 0 Å². The largest absolute Gasteiger partial charge is 0.322 e. The summed E-state index contributed by atoms with van der Waals surface area (Å²) in [6, 6.07) is 13.1. The molecule has 1 heterocycles. The summed E-state index contributed by atoms with van der Waals surface area (Å²) in [5.41, 5.74) is 4.73. The highest BCUT2D eigenvalue weighted by atomic mass is 32.2. The zero-order valence-electron chi connectivity index (χ0n) is 14.2. The van der Waals surface area contributed by atoms with Crippen molar-refractivity contribution in [2.75, 3.05) is 11.1 Å². The van der Waals surface area contributed by atoms with Gasteiger partial charge in [0.1, 0.15) is 0 Å². The lowest BCUT2D eigenvalue weighted by molar-refractivity contribution is -0.125. The van der Waals surface area contributed by atoms with E-state index in [2.05, 4.69) is 11.4 Å². The summed E-state index contributed by atoms with van der Waals surface area (Å²) in [6.45, 7) is 0.199. The zero-order chi connectivity index (χ0) is 18.1. The van der Waals surface area contributed by atoms with Crippen molar-refractivity contribution in [3.8, 4) is 0 Å². The standard InChI is InChI=1S/C20H18N2O3S/c23-18-12-26-20(25)22(18)11-13-3-1-6-16(9-13)19(24)21-17-8-7-14-4-2-5-15(14)10-17/h1,3,6-10H,2,4-5,11-12H2,(H,21,24). The third-order valence-electron chi connectivity index (χ3n) is 4.73. The minimum Gasteiger partial charge on any atom is -0.322 e. The fraction of sp³-hybridized carbons (Fsp3) is 0.250. The predicted octanol–water partition coefficient (Wildman–Crippen LogP) is 3.62. The van der Waals surface area contributed by atoms with Gasteiger partial charge in [-0.05, 0) is 60.2 Å². The number of aryl methyl sites for hydroxylation is 2. The molecule has 0 unspecified atom stereocenters. The van der Waals surface area contributed by atoms with E-state index in [9.17, 15) is 14.4 Å². The van der Waals surface area contributed by atoms with Crippen LogP contribution in [-0.4, -0.2) is 27.7 Å². The van der Waals surface area contributed by atoms with Gasteiger partial charge in [0.25, 0.3) is 11.1 Å². The van der Waals surface area contributed by atoms with Crippen molar-refractivity contribution in [1.29, 1.82) is 0 Å². The molecule has 1 saturated heterocycles. The van der Waals surface area contributed by atoms with Crippen LogP contribution in [0.1, 0.15) is 33.5 Å². The number of carbonyl (C=O) groups excluding carboxylic acids is 3. The monoisotopic (exact) mass is 366 g/mol. The van der Waals surface area contributed by atoms with E-state index >= 15 is 0 Å². The van der Waals surface area contributed by atoms with E-state index in [1.807, 2.05) is 18.2 Å².